The van der Waals surface area contributed by atoms with E-state index in [1.165, 1.54) is 0 Å². The SMILES string of the molecule is Cc1ccc(-n2nc(C)c3cc(C#N)c(=O)[nH]c32)cc1. The molecule has 20 heavy (non-hydrogen) atoms. The van der Waals surface area contributed by atoms with Gasteiger partial charge in [0.05, 0.1) is 11.4 Å². The molecule has 0 fully saturated rings. The smallest absolute Gasteiger partial charge is 0.267 e. The Morgan fingerprint density at radius 3 is 2.60 bits per heavy atom. The molecule has 2 aromatic heterocycles. The molecule has 0 atom stereocenters. The maximum absolute atomic E-state index is 11.8. The molecule has 5 heteroatoms. The quantitative estimate of drug-likeness (QED) is 0.732. The van der Waals surface area contributed by atoms with Gasteiger partial charge in [-0.1, -0.05) is 17.7 Å². The third-order valence-corrected chi connectivity index (χ3v) is 3.27. The van der Waals surface area contributed by atoms with Crippen LogP contribution in [0.3, 0.4) is 0 Å². The van der Waals surface area contributed by atoms with Gasteiger partial charge in [-0.05, 0) is 32.0 Å². The van der Waals surface area contributed by atoms with Crippen molar-refractivity contribution in [2.75, 3.05) is 0 Å². The molecule has 0 radical (unpaired) electrons. The van der Waals surface area contributed by atoms with Crippen molar-refractivity contribution in [1.82, 2.24) is 14.8 Å². The Labute approximate surface area is 115 Å². The van der Waals surface area contributed by atoms with Crippen LogP contribution in [0.15, 0.2) is 35.1 Å². The second kappa shape index (κ2) is 4.35. The van der Waals surface area contributed by atoms with Crippen LogP contribution in [-0.4, -0.2) is 14.8 Å². The molecule has 5 nitrogen and oxygen atoms in total. The predicted octanol–water partition coefficient (Wildman–Crippen LogP) is 2.20. The van der Waals surface area contributed by atoms with Crippen LogP contribution in [0.1, 0.15) is 16.8 Å². The number of aromatic nitrogens is 3. The van der Waals surface area contributed by atoms with Gasteiger partial charge in [0, 0.05) is 5.39 Å². The molecule has 0 amide bonds. The van der Waals surface area contributed by atoms with Gasteiger partial charge in [-0.15, -0.1) is 0 Å². The lowest BCUT2D eigenvalue weighted by Gasteiger charge is -2.03. The van der Waals surface area contributed by atoms with Gasteiger partial charge in [-0.3, -0.25) is 4.79 Å². The third-order valence-electron chi connectivity index (χ3n) is 3.27. The van der Waals surface area contributed by atoms with Gasteiger partial charge in [0.15, 0.2) is 0 Å². The second-order valence-corrected chi connectivity index (χ2v) is 4.72. The molecule has 1 aromatic carbocycles. The summed E-state index contributed by atoms with van der Waals surface area (Å²) >= 11 is 0. The van der Waals surface area contributed by atoms with E-state index in [0.717, 1.165) is 22.3 Å². The number of hydrogen-bond acceptors (Lipinski definition) is 3. The van der Waals surface area contributed by atoms with Crippen LogP contribution in [0.5, 0.6) is 0 Å². The molecule has 0 saturated carbocycles. The number of fused-ring (bicyclic) bond motifs is 1. The van der Waals surface area contributed by atoms with Gasteiger partial charge in [0.25, 0.3) is 5.56 Å². The van der Waals surface area contributed by atoms with Crippen molar-refractivity contribution in [3.05, 3.63) is 57.5 Å². The first-order valence-electron chi connectivity index (χ1n) is 6.20. The topological polar surface area (TPSA) is 74.5 Å². The highest BCUT2D eigenvalue weighted by Crippen LogP contribution is 2.19. The lowest BCUT2D eigenvalue weighted by atomic mass is 10.2. The third kappa shape index (κ3) is 1.79. The molecule has 1 N–H and O–H groups in total. The molecular weight excluding hydrogens is 252 g/mol. The van der Waals surface area contributed by atoms with Crippen LogP contribution < -0.4 is 5.56 Å². The Morgan fingerprint density at radius 1 is 1.25 bits per heavy atom. The van der Waals surface area contributed by atoms with Crippen molar-refractivity contribution in [2.24, 2.45) is 0 Å². The predicted molar refractivity (Wildman–Crippen MR) is 75.9 cm³/mol. The van der Waals surface area contributed by atoms with Crippen LogP contribution in [0.2, 0.25) is 0 Å². The molecule has 0 aliphatic heterocycles. The van der Waals surface area contributed by atoms with E-state index in [0.29, 0.717) is 5.65 Å². The average molecular weight is 264 g/mol. The summed E-state index contributed by atoms with van der Waals surface area (Å²) in [7, 11) is 0. The van der Waals surface area contributed by atoms with Crippen LogP contribution >= 0.6 is 0 Å². The first-order chi connectivity index (χ1) is 9.60. The molecule has 3 aromatic rings. The maximum atomic E-state index is 11.8. The van der Waals surface area contributed by atoms with Gasteiger partial charge in [0.1, 0.15) is 17.3 Å². The van der Waals surface area contributed by atoms with Gasteiger partial charge >= 0.3 is 0 Å². The van der Waals surface area contributed by atoms with E-state index in [9.17, 15) is 4.79 Å². The fourth-order valence-corrected chi connectivity index (χ4v) is 2.17. The summed E-state index contributed by atoms with van der Waals surface area (Å²) in [4.78, 5) is 14.5. The summed E-state index contributed by atoms with van der Waals surface area (Å²) in [5.74, 6) is 0. The van der Waals surface area contributed by atoms with E-state index in [2.05, 4.69) is 10.1 Å². The fourth-order valence-electron chi connectivity index (χ4n) is 2.17. The normalized spacial score (nSPS) is 10.7. The highest BCUT2D eigenvalue weighted by atomic mass is 16.1. The minimum absolute atomic E-state index is 0.101. The number of nitriles is 1. The number of aromatic amines is 1. The maximum Gasteiger partial charge on any atom is 0.267 e. The van der Waals surface area contributed by atoms with Gasteiger partial charge in [0.2, 0.25) is 0 Å². The van der Waals surface area contributed by atoms with Crippen molar-refractivity contribution >= 4 is 11.0 Å². The number of hydrogen-bond donors (Lipinski definition) is 1. The minimum atomic E-state index is -0.395. The van der Waals surface area contributed by atoms with Crippen molar-refractivity contribution in [2.45, 2.75) is 13.8 Å². The number of benzene rings is 1. The Balaban J connectivity index is 2.33. The van der Waals surface area contributed by atoms with Gasteiger partial charge in [-0.25, -0.2) is 4.68 Å². The largest absolute Gasteiger partial charge is 0.305 e. The summed E-state index contributed by atoms with van der Waals surface area (Å²) in [5, 5.41) is 14.1. The summed E-state index contributed by atoms with van der Waals surface area (Å²) in [6, 6.07) is 11.3. The average Bonchev–Trinajstić information content (AvgIpc) is 2.75. The summed E-state index contributed by atoms with van der Waals surface area (Å²) in [6.07, 6.45) is 0. The monoisotopic (exact) mass is 264 g/mol. The first kappa shape index (κ1) is 12.2. The number of aryl methyl sites for hydroxylation is 2. The van der Waals surface area contributed by atoms with Crippen LogP contribution in [-0.2, 0) is 0 Å². The molecule has 2 heterocycles. The molecule has 0 bridgehead atoms. The van der Waals surface area contributed by atoms with Gasteiger partial charge in [-0.2, -0.15) is 10.4 Å². The van der Waals surface area contributed by atoms with Crippen LogP contribution in [0.25, 0.3) is 16.7 Å². The lowest BCUT2D eigenvalue weighted by molar-refractivity contribution is 0.875. The van der Waals surface area contributed by atoms with E-state index in [1.807, 2.05) is 44.2 Å². The number of H-pyrrole nitrogens is 1. The van der Waals surface area contributed by atoms with Crippen molar-refractivity contribution in [3.63, 3.8) is 0 Å². The Bertz CT molecular complexity index is 894. The van der Waals surface area contributed by atoms with E-state index >= 15 is 0 Å². The summed E-state index contributed by atoms with van der Waals surface area (Å²) in [5.41, 5.74) is 3.11. The van der Waals surface area contributed by atoms with E-state index in [-0.39, 0.29) is 5.56 Å². The number of pyridine rings is 1. The van der Waals surface area contributed by atoms with Crippen molar-refractivity contribution < 1.29 is 0 Å². The van der Waals surface area contributed by atoms with Crippen LogP contribution in [0, 0.1) is 25.2 Å². The molecule has 0 aliphatic rings. The number of nitrogens with zero attached hydrogens (tertiary/aromatic N) is 3. The molecule has 3 rings (SSSR count). The van der Waals surface area contributed by atoms with Crippen LogP contribution in [0.4, 0.5) is 0 Å². The lowest BCUT2D eigenvalue weighted by Crippen LogP contribution is -2.11. The molecule has 0 unspecified atom stereocenters. The first-order valence-corrected chi connectivity index (χ1v) is 6.20. The molecule has 0 aliphatic carbocycles. The fraction of sp³-hybridized carbons (Fsp3) is 0.133. The Morgan fingerprint density at radius 2 is 1.95 bits per heavy atom. The standard InChI is InChI=1S/C15H12N4O/c1-9-3-5-12(6-4-9)19-14-13(10(2)18-19)7-11(8-16)15(20)17-14/h3-7H,1-2H3,(H,17,20). The number of nitrogens with one attached hydrogen (secondary N) is 1. The molecule has 0 saturated heterocycles. The molecular formula is C15H12N4O. The second-order valence-electron chi connectivity index (χ2n) is 4.72. The Kier molecular flexibility index (Phi) is 2.65. The molecule has 98 valence electrons. The summed E-state index contributed by atoms with van der Waals surface area (Å²) in [6.45, 7) is 3.86. The molecule has 0 spiro atoms. The zero-order valence-corrected chi connectivity index (χ0v) is 11.1. The van der Waals surface area contributed by atoms with Crippen molar-refractivity contribution in [3.8, 4) is 11.8 Å². The highest BCUT2D eigenvalue weighted by Gasteiger charge is 2.12. The number of rotatable bonds is 1. The Hall–Kier alpha value is -2.87. The van der Waals surface area contributed by atoms with Gasteiger partial charge < -0.3 is 4.98 Å². The zero-order valence-electron chi connectivity index (χ0n) is 11.1. The zero-order chi connectivity index (χ0) is 14.3. The van der Waals surface area contributed by atoms with E-state index < -0.39 is 5.56 Å². The summed E-state index contributed by atoms with van der Waals surface area (Å²) < 4.78 is 1.69. The van der Waals surface area contributed by atoms with E-state index in [4.69, 9.17) is 5.26 Å². The van der Waals surface area contributed by atoms with E-state index in [1.54, 1.807) is 10.7 Å². The van der Waals surface area contributed by atoms with Crippen molar-refractivity contribution in [1.29, 1.82) is 5.26 Å². The minimum Gasteiger partial charge on any atom is -0.305 e. The highest BCUT2D eigenvalue weighted by molar-refractivity contribution is 5.80.